The number of amides is 1. The number of likely N-dealkylation sites (tertiary alicyclic amines) is 1. The van der Waals surface area contributed by atoms with Crippen molar-refractivity contribution in [1.29, 1.82) is 0 Å². The van der Waals surface area contributed by atoms with Gasteiger partial charge in [-0.15, -0.1) is 0 Å². The monoisotopic (exact) mass is 533 g/mol. The van der Waals surface area contributed by atoms with Gasteiger partial charge in [-0.3, -0.25) is 4.79 Å². The van der Waals surface area contributed by atoms with Crippen LogP contribution in [0.5, 0.6) is 22.4 Å². The maximum absolute atomic E-state index is 11.8. The Morgan fingerprint density at radius 1 is 1.21 bits per heavy atom. The van der Waals surface area contributed by atoms with E-state index in [0.29, 0.717) is 63.5 Å². The third-order valence-corrected chi connectivity index (χ3v) is 6.71. The van der Waals surface area contributed by atoms with Gasteiger partial charge >= 0.3 is 0 Å². The van der Waals surface area contributed by atoms with Gasteiger partial charge in [0.05, 0.1) is 31.3 Å². The smallest absolute Gasteiger partial charge is 0.278 e. The Kier molecular flexibility index (Phi) is 6.87. The molecular formula is C27H27N5O5S. The van der Waals surface area contributed by atoms with Crippen LogP contribution in [0.25, 0.3) is 10.9 Å². The zero-order chi connectivity index (χ0) is 26.9. The number of anilines is 2. The minimum Gasteiger partial charge on any atom is -0.493 e. The molecule has 0 radical (unpaired) electrons. The van der Waals surface area contributed by atoms with Crippen LogP contribution in [-0.2, 0) is 10.4 Å². The number of hydrogen-bond donors (Lipinski definition) is 2. The average Bonchev–Trinajstić information content (AvgIpc) is 3.37. The number of carbonyl (C=O) groups excluding carboxylic acids is 1. The van der Waals surface area contributed by atoms with Gasteiger partial charge in [-0.25, -0.2) is 15.0 Å². The molecule has 0 bridgehead atoms. The van der Waals surface area contributed by atoms with Crippen molar-refractivity contribution >= 4 is 39.7 Å². The van der Waals surface area contributed by atoms with Gasteiger partial charge in [0.1, 0.15) is 24.0 Å². The molecule has 11 heteroatoms. The molecule has 1 aliphatic heterocycles. The van der Waals surface area contributed by atoms with Gasteiger partial charge in [-0.1, -0.05) is 24.0 Å². The number of hydrogen-bond acceptors (Lipinski definition) is 10. The Balaban J connectivity index is 1.48. The van der Waals surface area contributed by atoms with Crippen LogP contribution in [0.1, 0.15) is 19.4 Å². The van der Waals surface area contributed by atoms with E-state index in [1.807, 2.05) is 11.4 Å². The Labute approximate surface area is 223 Å². The third-order valence-electron chi connectivity index (χ3n) is 6.07. The standard InChI is InChI=1S/C27H27N5O5S/c1-5-24(33)32-13-17(14-32)36-23-11-18-20(12-22(23)35-4)29-15-30-25(18)31-21-10-16(37-26-28-8-9-38-26)6-7-19(21)27(2,3)34/h5-12,15,17,34H,1,13-14H2,2-4H3,(H,29,30,31). The number of aliphatic hydroxyl groups is 1. The molecule has 2 N–H and O–H groups in total. The molecule has 0 saturated carbocycles. The van der Waals surface area contributed by atoms with Crippen LogP contribution >= 0.6 is 11.3 Å². The van der Waals surface area contributed by atoms with Crippen molar-refractivity contribution in [3.05, 3.63) is 66.5 Å². The quantitative estimate of drug-likeness (QED) is 0.297. The molecule has 1 aliphatic rings. The highest BCUT2D eigenvalue weighted by molar-refractivity contribution is 7.11. The van der Waals surface area contributed by atoms with Gasteiger partial charge in [0, 0.05) is 40.3 Å². The molecular weight excluding hydrogens is 506 g/mol. The average molecular weight is 534 g/mol. The number of fused-ring (bicyclic) bond motifs is 1. The largest absolute Gasteiger partial charge is 0.493 e. The number of nitrogens with one attached hydrogen (secondary N) is 1. The predicted octanol–water partition coefficient (Wildman–Crippen LogP) is 4.63. The lowest BCUT2D eigenvalue weighted by molar-refractivity contribution is -0.134. The molecule has 1 fully saturated rings. The molecule has 1 amide bonds. The Hall–Kier alpha value is -4.22. The summed E-state index contributed by atoms with van der Waals surface area (Å²) in [7, 11) is 1.56. The molecule has 38 heavy (non-hydrogen) atoms. The van der Waals surface area contributed by atoms with Crippen molar-refractivity contribution in [2.45, 2.75) is 25.6 Å². The molecule has 10 nitrogen and oxygen atoms in total. The fourth-order valence-electron chi connectivity index (χ4n) is 4.13. The second-order valence-electron chi connectivity index (χ2n) is 9.22. The summed E-state index contributed by atoms with van der Waals surface area (Å²) in [6, 6.07) is 8.98. The fourth-order valence-corrected chi connectivity index (χ4v) is 4.63. The molecule has 3 heterocycles. The van der Waals surface area contributed by atoms with E-state index in [9.17, 15) is 9.90 Å². The minimum absolute atomic E-state index is 0.126. The number of nitrogens with zero attached hydrogens (tertiary/aromatic N) is 4. The van der Waals surface area contributed by atoms with E-state index in [4.69, 9.17) is 14.2 Å². The number of carbonyl (C=O) groups is 1. The van der Waals surface area contributed by atoms with Crippen molar-refractivity contribution in [3.63, 3.8) is 0 Å². The lowest BCUT2D eigenvalue weighted by atomic mass is 9.96. The molecule has 0 atom stereocenters. The number of rotatable bonds is 9. The SMILES string of the molecule is C=CC(=O)N1CC(Oc2cc3c(Nc4cc(Oc5nccs5)ccc4C(C)(C)O)ncnc3cc2OC)C1. The predicted molar refractivity (Wildman–Crippen MR) is 144 cm³/mol. The summed E-state index contributed by atoms with van der Waals surface area (Å²) in [4.78, 5) is 26.5. The molecule has 196 valence electrons. The first-order valence-electron chi connectivity index (χ1n) is 11.9. The van der Waals surface area contributed by atoms with Crippen molar-refractivity contribution in [2.24, 2.45) is 0 Å². The highest BCUT2D eigenvalue weighted by Crippen LogP contribution is 2.39. The van der Waals surface area contributed by atoms with Gasteiger partial charge in [0.2, 0.25) is 5.91 Å². The number of aromatic nitrogens is 3. The van der Waals surface area contributed by atoms with Crippen LogP contribution in [0, 0.1) is 0 Å². The molecule has 2 aromatic carbocycles. The number of thiazole rings is 1. The van der Waals surface area contributed by atoms with Crippen LogP contribution in [0.15, 0.2) is 60.9 Å². The highest BCUT2D eigenvalue weighted by atomic mass is 32.1. The summed E-state index contributed by atoms with van der Waals surface area (Å²) >= 11 is 1.38. The number of benzene rings is 2. The molecule has 0 unspecified atom stereocenters. The minimum atomic E-state index is -1.14. The normalized spacial score (nSPS) is 13.6. The van der Waals surface area contributed by atoms with E-state index in [-0.39, 0.29) is 12.0 Å². The molecule has 2 aromatic heterocycles. The van der Waals surface area contributed by atoms with Crippen molar-refractivity contribution in [2.75, 3.05) is 25.5 Å². The molecule has 1 saturated heterocycles. The van der Waals surface area contributed by atoms with Crippen molar-refractivity contribution in [3.8, 4) is 22.4 Å². The first kappa shape index (κ1) is 25.4. The zero-order valence-electron chi connectivity index (χ0n) is 21.2. The topological polar surface area (TPSA) is 119 Å². The van der Waals surface area contributed by atoms with Crippen molar-refractivity contribution in [1.82, 2.24) is 19.9 Å². The van der Waals surface area contributed by atoms with E-state index in [0.717, 1.165) is 0 Å². The van der Waals surface area contributed by atoms with Crippen molar-refractivity contribution < 1.29 is 24.1 Å². The van der Waals surface area contributed by atoms with Gasteiger partial charge in [-0.2, -0.15) is 0 Å². The molecule has 4 aromatic rings. The molecule has 0 aliphatic carbocycles. The van der Waals surface area contributed by atoms with Crippen LogP contribution in [0.2, 0.25) is 0 Å². The summed E-state index contributed by atoms with van der Waals surface area (Å²) in [6.45, 7) is 7.87. The van der Waals surface area contributed by atoms with Gasteiger partial charge in [0.15, 0.2) is 11.5 Å². The molecule has 5 rings (SSSR count). The summed E-state index contributed by atoms with van der Waals surface area (Å²) < 4.78 is 17.6. The van der Waals surface area contributed by atoms with Crippen LogP contribution in [0.4, 0.5) is 11.5 Å². The fraction of sp³-hybridized carbons (Fsp3) is 0.259. The first-order chi connectivity index (χ1) is 18.2. The maximum atomic E-state index is 11.8. The Morgan fingerprint density at radius 3 is 2.71 bits per heavy atom. The van der Waals surface area contributed by atoms with Gasteiger partial charge in [0.25, 0.3) is 5.19 Å². The van der Waals surface area contributed by atoms with Crippen LogP contribution < -0.4 is 19.5 Å². The van der Waals surface area contributed by atoms with Crippen LogP contribution in [-0.4, -0.2) is 57.2 Å². The van der Waals surface area contributed by atoms with Crippen LogP contribution in [0.3, 0.4) is 0 Å². The second kappa shape index (κ2) is 10.3. The maximum Gasteiger partial charge on any atom is 0.278 e. The lowest BCUT2D eigenvalue weighted by Gasteiger charge is -2.38. The van der Waals surface area contributed by atoms with E-state index < -0.39 is 5.60 Å². The van der Waals surface area contributed by atoms with E-state index in [2.05, 4.69) is 26.8 Å². The number of ether oxygens (including phenoxy) is 3. The van der Waals surface area contributed by atoms with E-state index in [1.54, 1.807) is 56.3 Å². The van der Waals surface area contributed by atoms with Gasteiger partial charge < -0.3 is 29.5 Å². The zero-order valence-corrected chi connectivity index (χ0v) is 22.0. The van der Waals surface area contributed by atoms with E-state index in [1.165, 1.54) is 23.7 Å². The highest BCUT2D eigenvalue weighted by Gasteiger charge is 2.32. The summed E-state index contributed by atoms with van der Waals surface area (Å²) in [6.07, 6.45) is 4.24. The Morgan fingerprint density at radius 2 is 2.03 bits per heavy atom. The lowest BCUT2D eigenvalue weighted by Crippen LogP contribution is -2.55. The molecule has 0 spiro atoms. The second-order valence-corrected chi connectivity index (χ2v) is 10.1. The summed E-state index contributed by atoms with van der Waals surface area (Å²) in [5.41, 5.74) is 0.773. The van der Waals surface area contributed by atoms with Gasteiger partial charge in [-0.05, 0) is 32.1 Å². The summed E-state index contributed by atoms with van der Waals surface area (Å²) in [5.74, 6) is 1.97. The summed E-state index contributed by atoms with van der Waals surface area (Å²) in [5, 5.41) is 17.2. The third kappa shape index (κ3) is 5.24. The Bertz CT molecular complexity index is 1480. The van der Waals surface area contributed by atoms with E-state index >= 15 is 0 Å². The number of methoxy groups -OCH3 is 1. The first-order valence-corrected chi connectivity index (χ1v) is 12.7.